The molecule has 3 rings (SSSR count). The Labute approximate surface area is 176 Å². The van der Waals surface area contributed by atoms with Gasteiger partial charge in [-0.2, -0.15) is 0 Å². The Morgan fingerprint density at radius 2 is 1.90 bits per heavy atom. The molecule has 0 saturated carbocycles. The van der Waals surface area contributed by atoms with Crippen molar-refractivity contribution in [3.63, 3.8) is 0 Å². The van der Waals surface area contributed by atoms with Crippen LogP contribution in [0.1, 0.15) is 55.2 Å². The second-order valence-corrected chi connectivity index (χ2v) is 8.03. The van der Waals surface area contributed by atoms with Gasteiger partial charge in [0.05, 0.1) is 12.1 Å². The van der Waals surface area contributed by atoms with E-state index in [0.29, 0.717) is 11.5 Å². The predicted molar refractivity (Wildman–Crippen MR) is 115 cm³/mol. The molecule has 0 saturated heterocycles. The number of aryl methyl sites for hydroxylation is 1. The predicted octanol–water partition coefficient (Wildman–Crippen LogP) is 2.44. The third kappa shape index (κ3) is 4.43. The molecule has 160 valence electrons. The molecule has 0 aliphatic carbocycles. The fraction of sp³-hybridized carbons (Fsp3) is 0.455. The highest BCUT2D eigenvalue weighted by Gasteiger charge is 2.38. The van der Waals surface area contributed by atoms with Gasteiger partial charge in [-0.1, -0.05) is 6.92 Å². The van der Waals surface area contributed by atoms with Crippen molar-refractivity contribution in [2.75, 3.05) is 16.8 Å². The van der Waals surface area contributed by atoms with Crippen molar-refractivity contribution >= 4 is 23.5 Å². The van der Waals surface area contributed by atoms with E-state index < -0.39 is 6.10 Å². The van der Waals surface area contributed by atoms with Crippen LogP contribution in [0.25, 0.3) is 0 Å². The second-order valence-electron chi connectivity index (χ2n) is 8.03. The van der Waals surface area contributed by atoms with Crippen molar-refractivity contribution in [3.05, 3.63) is 47.3 Å². The summed E-state index contributed by atoms with van der Waals surface area (Å²) in [4.78, 5) is 35.4. The molecule has 1 aliphatic heterocycles. The first kappa shape index (κ1) is 21.7. The summed E-state index contributed by atoms with van der Waals surface area (Å²) in [6.45, 7) is 9.34. The van der Waals surface area contributed by atoms with E-state index in [4.69, 9.17) is 0 Å². The first-order valence-electron chi connectivity index (χ1n) is 10.1. The van der Waals surface area contributed by atoms with Crippen LogP contribution >= 0.6 is 0 Å². The summed E-state index contributed by atoms with van der Waals surface area (Å²) in [5.74, 6) is 0.217. The molecule has 8 heteroatoms. The smallest absolute Gasteiger partial charge is 0.251 e. The Morgan fingerprint density at radius 3 is 2.50 bits per heavy atom. The van der Waals surface area contributed by atoms with Gasteiger partial charge in [0.1, 0.15) is 0 Å². The van der Waals surface area contributed by atoms with Crippen molar-refractivity contribution in [2.24, 2.45) is 5.92 Å². The molecule has 0 fully saturated rings. The number of amides is 2. The van der Waals surface area contributed by atoms with Gasteiger partial charge in [-0.05, 0) is 50.1 Å². The van der Waals surface area contributed by atoms with Gasteiger partial charge in [0.25, 0.3) is 5.91 Å². The molecule has 4 atom stereocenters. The number of aliphatic hydroxyl groups is 1. The molecule has 1 aromatic heterocycles. The van der Waals surface area contributed by atoms with Crippen LogP contribution in [0.4, 0.5) is 11.6 Å². The number of carbonyl (C=O) groups excluding carboxylic acids is 2. The van der Waals surface area contributed by atoms with Crippen LogP contribution < -0.4 is 15.5 Å². The van der Waals surface area contributed by atoms with Gasteiger partial charge in [-0.25, -0.2) is 9.97 Å². The standard InChI is InChI=1S/C22H29N5O3/c1-12-9-24-22(25-10-12)26-20-14(3)15(4)27(16(5)29)19-7-6-17(8-18(19)20)21(30)23-11-13(2)28/h6-10,13-15,20,28H,11H2,1-5H3,(H,23,30)(H,24,25,26)/t13-,14+,15+,20-/m1/s1. The van der Waals surface area contributed by atoms with Gasteiger partial charge >= 0.3 is 0 Å². The maximum Gasteiger partial charge on any atom is 0.251 e. The highest BCUT2D eigenvalue weighted by molar-refractivity contribution is 5.98. The fourth-order valence-corrected chi connectivity index (χ4v) is 3.79. The minimum atomic E-state index is -0.631. The van der Waals surface area contributed by atoms with Crippen molar-refractivity contribution in [2.45, 2.75) is 52.8 Å². The van der Waals surface area contributed by atoms with Gasteiger partial charge in [0.2, 0.25) is 11.9 Å². The Kier molecular flexibility index (Phi) is 6.36. The number of hydrogen-bond donors (Lipinski definition) is 3. The maximum absolute atomic E-state index is 12.6. The van der Waals surface area contributed by atoms with Crippen molar-refractivity contribution in [1.82, 2.24) is 15.3 Å². The van der Waals surface area contributed by atoms with E-state index in [2.05, 4.69) is 27.5 Å². The second kappa shape index (κ2) is 8.79. The lowest BCUT2D eigenvalue weighted by molar-refractivity contribution is -0.117. The molecule has 30 heavy (non-hydrogen) atoms. The van der Waals surface area contributed by atoms with Crippen molar-refractivity contribution < 1.29 is 14.7 Å². The minimum absolute atomic E-state index is 0.0436. The van der Waals surface area contributed by atoms with Crippen LogP contribution in [-0.4, -0.2) is 45.6 Å². The van der Waals surface area contributed by atoms with Gasteiger partial charge < -0.3 is 20.6 Å². The fourth-order valence-electron chi connectivity index (χ4n) is 3.79. The van der Waals surface area contributed by atoms with E-state index in [1.807, 2.05) is 13.8 Å². The van der Waals surface area contributed by atoms with Gasteiger partial charge in [-0.3, -0.25) is 9.59 Å². The van der Waals surface area contributed by atoms with Crippen LogP contribution in [0, 0.1) is 12.8 Å². The minimum Gasteiger partial charge on any atom is -0.392 e. The number of nitrogens with one attached hydrogen (secondary N) is 2. The first-order chi connectivity index (χ1) is 14.2. The van der Waals surface area contributed by atoms with Crippen LogP contribution in [0.15, 0.2) is 30.6 Å². The largest absolute Gasteiger partial charge is 0.392 e. The Hall–Kier alpha value is -3.00. The number of aromatic nitrogens is 2. The quantitative estimate of drug-likeness (QED) is 0.698. The van der Waals surface area contributed by atoms with Crippen LogP contribution in [-0.2, 0) is 4.79 Å². The molecule has 2 heterocycles. The van der Waals surface area contributed by atoms with Crippen LogP contribution in [0.2, 0.25) is 0 Å². The zero-order chi connectivity index (χ0) is 22.0. The van der Waals surface area contributed by atoms with E-state index in [9.17, 15) is 14.7 Å². The lowest BCUT2D eigenvalue weighted by Gasteiger charge is -2.44. The lowest BCUT2D eigenvalue weighted by Crippen LogP contribution is -2.48. The van der Waals surface area contributed by atoms with Crippen molar-refractivity contribution in [1.29, 1.82) is 0 Å². The van der Waals surface area contributed by atoms with Crippen LogP contribution in [0.3, 0.4) is 0 Å². The third-order valence-electron chi connectivity index (χ3n) is 5.54. The molecule has 1 aromatic carbocycles. The highest BCUT2D eigenvalue weighted by atomic mass is 16.3. The van der Waals surface area contributed by atoms with Crippen molar-refractivity contribution in [3.8, 4) is 0 Å². The number of nitrogens with zero attached hydrogens (tertiary/aromatic N) is 3. The zero-order valence-electron chi connectivity index (χ0n) is 18.0. The molecule has 3 N–H and O–H groups in total. The summed E-state index contributed by atoms with van der Waals surface area (Å²) in [6, 6.07) is 5.08. The molecule has 0 bridgehead atoms. The van der Waals surface area contributed by atoms with Crippen LogP contribution in [0.5, 0.6) is 0 Å². The number of rotatable bonds is 5. The summed E-state index contributed by atoms with van der Waals surface area (Å²) in [7, 11) is 0. The molecule has 0 spiro atoms. The number of fused-ring (bicyclic) bond motifs is 1. The lowest BCUT2D eigenvalue weighted by atomic mass is 9.82. The zero-order valence-corrected chi connectivity index (χ0v) is 18.0. The Balaban J connectivity index is 2.02. The average molecular weight is 412 g/mol. The van der Waals surface area contributed by atoms with E-state index >= 15 is 0 Å². The van der Waals surface area contributed by atoms with Gasteiger partial charge in [0.15, 0.2) is 0 Å². The number of anilines is 2. The summed E-state index contributed by atoms with van der Waals surface area (Å²) in [5.41, 5.74) is 3.04. The SMILES string of the molecule is CC(=O)N1c2ccc(C(=O)NC[C@@H](C)O)cc2[C@H](Nc2ncc(C)cn2)[C@@H](C)[C@@H]1C. The van der Waals surface area contributed by atoms with E-state index in [1.165, 1.54) is 0 Å². The Bertz CT molecular complexity index is 929. The molecule has 0 unspecified atom stereocenters. The molecule has 2 aromatic rings. The third-order valence-corrected chi connectivity index (χ3v) is 5.54. The normalized spacial score (nSPS) is 21.5. The van der Waals surface area contributed by atoms with Gasteiger partial charge in [-0.15, -0.1) is 0 Å². The van der Waals surface area contributed by atoms with E-state index in [0.717, 1.165) is 16.8 Å². The summed E-state index contributed by atoms with van der Waals surface area (Å²) in [6.07, 6.45) is 2.86. The molecule has 0 radical (unpaired) electrons. The average Bonchev–Trinajstić information content (AvgIpc) is 2.70. The summed E-state index contributed by atoms with van der Waals surface area (Å²) in [5, 5.41) is 15.5. The summed E-state index contributed by atoms with van der Waals surface area (Å²) >= 11 is 0. The van der Waals surface area contributed by atoms with Gasteiger partial charge in [0, 0.05) is 49.1 Å². The topological polar surface area (TPSA) is 107 Å². The monoisotopic (exact) mass is 411 g/mol. The Morgan fingerprint density at radius 1 is 1.23 bits per heavy atom. The van der Waals surface area contributed by atoms with E-state index in [1.54, 1.807) is 49.3 Å². The number of benzene rings is 1. The first-order valence-corrected chi connectivity index (χ1v) is 10.1. The number of carbonyl (C=O) groups is 2. The number of hydrogen-bond acceptors (Lipinski definition) is 6. The molecular weight excluding hydrogens is 382 g/mol. The highest BCUT2D eigenvalue weighted by Crippen LogP contribution is 2.42. The number of aliphatic hydroxyl groups excluding tert-OH is 1. The molecule has 8 nitrogen and oxygen atoms in total. The molecular formula is C22H29N5O3. The summed E-state index contributed by atoms with van der Waals surface area (Å²) < 4.78 is 0. The molecule has 2 amide bonds. The molecule has 1 aliphatic rings. The maximum atomic E-state index is 12.6. The van der Waals surface area contributed by atoms with E-state index in [-0.39, 0.29) is 36.4 Å².